The Morgan fingerprint density at radius 2 is 2.03 bits per heavy atom. The molecule has 7 nitrogen and oxygen atoms in total. The highest BCUT2D eigenvalue weighted by Gasteiger charge is 2.34. The summed E-state index contributed by atoms with van der Waals surface area (Å²) in [5.41, 5.74) is 3.65. The van der Waals surface area contributed by atoms with Gasteiger partial charge in [-0.1, -0.05) is 29.8 Å². The largest absolute Gasteiger partial charge is 0.315 e. The van der Waals surface area contributed by atoms with Crippen LogP contribution in [0.5, 0.6) is 0 Å². The molecule has 1 aliphatic rings. The normalized spacial score (nSPS) is 17.5. The molecule has 4 aromatic rings. The van der Waals surface area contributed by atoms with Crippen LogP contribution in [0.1, 0.15) is 24.4 Å². The molecular weight excluding hydrogens is 460 g/mol. The van der Waals surface area contributed by atoms with Crippen molar-refractivity contribution < 1.29 is 0 Å². The number of hydrogen-bond acceptors (Lipinski definition) is 6. The zero-order valence-corrected chi connectivity index (χ0v) is 20.4. The average Bonchev–Trinajstić information content (AvgIpc) is 3.33. The van der Waals surface area contributed by atoms with E-state index in [1.54, 1.807) is 23.8 Å². The van der Waals surface area contributed by atoms with Gasteiger partial charge >= 0.3 is 0 Å². The molecule has 0 saturated carbocycles. The Bertz CT molecular complexity index is 1530. The lowest BCUT2D eigenvalue weighted by atomic mass is 9.85. The van der Waals surface area contributed by atoms with Gasteiger partial charge in [0.25, 0.3) is 5.56 Å². The molecule has 5 rings (SSSR count). The number of nitrogens with zero attached hydrogens (tertiary/aromatic N) is 5. The Balaban J connectivity index is 1.61. The molecule has 0 bridgehead atoms. The maximum atomic E-state index is 13.8. The van der Waals surface area contributed by atoms with Crippen LogP contribution in [0.4, 0.5) is 0 Å². The van der Waals surface area contributed by atoms with E-state index in [1.807, 2.05) is 43.3 Å². The molecule has 1 N–H and O–H groups in total. The van der Waals surface area contributed by atoms with Crippen LogP contribution in [0.15, 0.2) is 53.5 Å². The summed E-state index contributed by atoms with van der Waals surface area (Å²) in [7, 11) is 0. The van der Waals surface area contributed by atoms with Crippen LogP contribution in [-0.4, -0.2) is 32.6 Å². The van der Waals surface area contributed by atoms with E-state index < -0.39 is 5.41 Å². The first kappa shape index (κ1) is 23.2. The molecular formula is C27H25ClN6O. The molecule has 3 aromatic heterocycles. The van der Waals surface area contributed by atoms with Crippen molar-refractivity contribution in [3.63, 3.8) is 0 Å². The smallest absolute Gasteiger partial charge is 0.260 e. The topological polar surface area (TPSA) is 96.5 Å². The Morgan fingerprint density at radius 3 is 2.74 bits per heavy atom. The van der Waals surface area contributed by atoms with Crippen molar-refractivity contribution in [2.75, 3.05) is 13.1 Å². The van der Waals surface area contributed by atoms with Gasteiger partial charge in [0.15, 0.2) is 0 Å². The molecule has 1 unspecified atom stereocenters. The van der Waals surface area contributed by atoms with E-state index in [2.05, 4.69) is 26.3 Å². The summed E-state index contributed by atoms with van der Waals surface area (Å²) >= 11 is 6.72. The first-order chi connectivity index (χ1) is 16.9. The number of pyridine rings is 2. The van der Waals surface area contributed by atoms with Crippen LogP contribution in [0.25, 0.3) is 33.4 Å². The first-order valence-corrected chi connectivity index (χ1v) is 12.0. The van der Waals surface area contributed by atoms with Gasteiger partial charge in [-0.25, -0.2) is 9.97 Å². The van der Waals surface area contributed by atoms with Crippen molar-refractivity contribution in [3.05, 3.63) is 75.6 Å². The van der Waals surface area contributed by atoms with Gasteiger partial charge in [0.1, 0.15) is 11.5 Å². The molecule has 1 aromatic carbocycles. The highest BCUT2D eigenvalue weighted by molar-refractivity contribution is 6.33. The second-order valence-electron chi connectivity index (χ2n) is 9.14. The van der Waals surface area contributed by atoms with Crippen molar-refractivity contribution >= 4 is 22.6 Å². The van der Waals surface area contributed by atoms with Crippen molar-refractivity contribution in [2.45, 2.75) is 33.2 Å². The van der Waals surface area contributed by atoms with Gasteiger partial charge in [-0.2, -0.15) is 5.26 Å². The van der Waals surface area contributed by atoms with Crippen LogP contribution in [-0.2, 0) is 6.54 Å². The van der Waals surface area contributed by atoms with Crippen LogP contribution in [0, 0.1) is 30.6 Å². The van der Waals surface area contributed by atoms with Gasteiger partial charge < -0.3 is 5.32 Å². The third-order valence-corrected chi connectivity index (χ3v) is 7.00. The summed E-state index contributed by atoms with van der Waals surface area (Å²) < 4.78 is 1.67. The minimum Gasteiger partial charge on any atom is -0.315 e. The molecule has 35 heavy (non-hydrogen) atoms. The van der Waals surface area contributed by atoms with Gasteiger partial charge in [-0.3, -0.25) is 14.3 Å². The van der Waals surface area contributed by atoms with E-state index in [0.717, 1.165) is 35.3 Å². The molecule has 0 aliphatic carbocycles. The average molecular weight is 485 g/mol. The lowest BCUT2D eigenvalue weighted by Gasteiger charge is -2.21. The highest BCUT2D eigenvalue weighted by atomic mass is 35.5. The predicted molar refractivity (Wildman–Crippen MR) is 137 cm³/mol. The van der Waals surface area contributed by atoms with Crippen LogP contribution < -0.4 is 10.9 Å². The number of aryl methyl sites for hydroxylation is 3. The zero-order chi connectivity index (χ0) is 24.6. The van der Waals surface area contributed by atoms with Crippen LogP contribution >= 0.6 is 11.6 Å². The number of halogens is 1. The Hall–Kier alpha value is -3.60. The molecule has 4 heterocycles. The van der Waals surface area contributed by atoms with Gasteiger partial charge in [0.2, 0.25) is 0 Å². The SMILES string of the molecule is Cc1cccc(-c2ccc(-c3cc4cnc(C)nc4n(CCC4(C#N)CCNC4)c3=O)c(Cl)c2)n1. The van der Waals surface area contributed by atoms with Gasteiger partial charge in [0.05, 0.1) is 17.2 Å². The number of nitriles is 1. The monoisotopic (exact) mass is 484 g/mol. The maximum absolute atomic E-state index is 13.8. The lowest BCUT2D eigenvalue weighted by Crippen LogP contribution is -2.29. The number of aromatic nitrogens is 4. The summed E-state index contributed by atoms with van der Waals surface area (Å²) in [6.45, 7) is 5.57. The molecule has 176 valence electrons. The van der Waals surface area contributed by atoms with Gasteiger partial charge in [0, 0.05) is 52.1 Å². The fourth-order valence-electron chi connectivity index (χ4n) is 4.68. The fraction of sp³-hybridized carbons (Fsp3) is 0.296. The minimum atomic E-state index is -0.482. The van der Waals surface area contributed by atoms with E-state index in [1.165, 1.54) is 0 Å². The molecule has 1 aliphatic heterocycles. The quantitative estimate of drug-likeness (QED) is 0.441. The van der Waals surface area contributed by atoms with E-state index in [4.69, 9.17) is 11.6 Å². The van der Waals surface area contributed by atoms with E-state index in [-0.39, 0.29) is 5.56 Å². The fourth-order valence-corrected chi connectivity index (χ4v) is 4.96. The Labute approximate surface area is 208 Å². The summed E-state index contributed by atoms with van der Waals surface area (Å²) in [5, 5.41) is 14.3. The summed E-state index contributed by atoms with van der Waals surface area (Å²) in [6.07, 6.45) is 3.06. The Morgan fingerprint density at radius 1 is 1.17 bits per heavy atom. The number of fused-ring (bicyclic) bond motifs is 1. The van der Waals surface area contributed by atoms with E-state index in [0.29, 0.717) is 47.1 Å². The lowest BCUT2D eigenvalue weighted by molar-refractivity contribution is 0.374. The third-order valence-electron chi connectivity index (χ3n) is 6.69. The molecule has 1 atom stereocenters. The molecule has 8 heteroatoms. The van der Waals surface area contributed by atoms with Crippen molar-refractivity contribution in [1.82, 2.24) is 24.8 Å². The number of nitrogens with one attached hydrogen (secondary N) is 1. The highest BCUT2D eigenvalue weighted by Crippen LogP contribution is 2.33. The summed E-state index contributed by atoms with van der Waals surface area (Å²) in [6, 6.07) is 15.7. The maximum Gasteiger partial charge on any atom is 0.260 e. The molecule has 0 spiro atoms. The van der Waals surface area contributed by atoms with Crippen molar-refractivity contribution in [1.29, 1.82) is 5.26 Å². The molecule has 0 amide bonds. The van der Waals surface area contributed by atoms with Crippen LogP contribution in [0.3, 0.4) is 0 Å². The van der Waals surface area contributed by atoms with Crippen molar-refractivity contribution in [2.24, 2.45) is 5.41 Å². The Kier molecular flexibility index (Phi) is 6.10. The minimum absolute atomic E-state index is 0.182. The zero-order valence-electron chi connectivity index (χ0n) is 19.7. The molecule has 0 radical (unpaired) electrons. The number of benzene rings is 1. The molecule has 1 saturated heterocycles. The summed E-state index contributed by atoms with van der Waals surface area (Å²) in [5.74, 6) is 0.587. The van der Waals surface area contributed by atoms with Gasteiger partial charge in [-0.05, 0) is 57.5 Å². The molecule has 1 fully saturated rings. The second-order valence-corrected chi connectivity index (χ2v) is 9.55. The standard InChI is InChI=1S/C27H25ClN6O/c1-17-4-3-5-24(32-17)19-6-7-21(23(28)13-19)22-12-20-14-31-18(2)33-25(20)34(26(22)35)11-9-27(15-29)8-10-30-16-27/h3-7,12-14,30H,8-11,16H2,1-2H3. The van der Waals surface area contributed by atoms with Crippen molar-refractivity contribution in [3.8, 4) is 28.5 Å². The third kappa shape index (κ3) is 4.43. The summed E-state index contributed by atoms with van der Waals surface area (Å²) in [4.78, 5) is 27.2. The number of hydrogen-bond donors (Lipinski definition) is 1. The predicted octanol–water partition coefficient (Wildman–Crippen LogP) is 4.68. The van der Waals surface area contributed by atoms with Crippen LogP contribution in [0.2, 0.25) is 5.02 Å². The second kappa shape index (κ2) is 9.21. The van der Waals surface area contributed by atoms with E-state index >= 15 is 0 Å². The van der Waals surface area contributed by atoms with E-state index in [9.17, 15) is 10.1 Å². The number of rotatable bonds is 5. The van der Waals surface area contributed by atoms with Gasteiger partial charge in [-0.15, -0.1) is 0 Å². The first-order valence-electron chi connectivity index (χ1n) is 11.6.